The number of fused-ring (bicyclic) bond motifs is 3. The van der Waals surface area contributed by atoms with Gasteiger partial charge < -0.3 is 4.74 Å². The van der Waals surface area contributed by atoms with Crippen molar-refractivity contribution in [2.75, 3.05) is 6.61 Å². The highest BCUT2D eigenvalue weighted by Gasteiger charge is 2.21. The largest absolute Gasteiger partial charge is 0.493 e. The van der Waals surface area contributed by atoms with Crippen LogP contribution in [0.15, 0.2) is 35.2 Å². The Morgan fingerprint density at radius 3 is 3.00 bits per heavy atom. The number of nitrogens with zero attached hydrogens (tertiary/aromatic N) is 5. The fourth-order valence-electron chi connectivity index (χ4n) is 2.77. The van der Waals surface area contributed by atoms with E-state index in [1.54, 1.807) is 6.33 Å². The molecule has 0 unspecified atom stereocenters. The van der Waals surface area contributed by atoms with E-state index in [1.165, 1.54) is 0 Å². The van der Waals surface area contributed by atoms with Gasteiger partial charge in [0, 0.05) is 34.3 Å². The van der Waals surface area contributed by atoms with Crippen LogP contribution in [0.4, 0.5) is 0 Å². The van der Waals surface area contributed by atoms with Gasteiger partial charge in [-0.1, -0.05) is 15.9 Å². The van der Waals surface area contributed by atoms with Crippen molar-refractivity contribution in [2.24, 2.45) is 0 Å². The average molecular weight is 374 g/mol. The molecule has 0 aliphatic carbocycles. The summed E-state index contributed by atoms with van der Waals surface area (Å²) in [6, 6.07) is 6.28. The lowest BCUT2D eigenvalue weighted by Crippen LogP contribution is -2.09. The second kappa shape index (κ2) is 5.49. The van der Waals surface area contributed by atoms with Gasteiger partial charge in [-0.25, -0.2) is 4.68 Å². The fourth-order valence-corrected chi connectivity index (χ4v) is 3.13. The van der Waals surface area contributed by atoms with Crippen LogP contribution in [0, 0.1) is 0 Å². The number of hydrogen-bond donors (Lipinski definition) is 0. The number of rotatable bonds is 2. The number of aromatic nitrogens is 5. The summed E-state index contributed by atoms with van der Waals surface area (Å²) in [5.74, 6) is 1.59. The van der Waals surface area contributed by atoms with Crippen LogP contribution in [0.2, 0.25) is 0 Å². The van der Waals surface area contributed by atoms with Crippen molar-refractivity contribution >= 4 is 15.9 Å². The zero-order valence-electron chi connectivity index (χ0n) is 12.9. The molecule has 1 aliphatic rings. The van der Waals surface area contributed by atoms with Crippen LogP contribution in [-0.4, -0.2) is 31.2 Å². The molecule has 3 heterocycles. The van der Waals surface area contributed by atoms with Crippen molar-refractivity contribution in [1.82, 2.24) is 24.5 Å². The molecular weight excluding hydrogens is 358 g/mol. The molecular formula is C16H16BrN5O. The van der Waals surface area contributed by atoms with E-state index in [9.17, 15) is 0 Å². The lowest BCUT2D eigenvalue weighted by atomic mass is 10.1. The predicted molar refractivity (Wildman–Crippen MR) is 89.9 cm³/mol. The molecule has 0 radical (unpaired) electrons. The highest BCUT2D eigenvalue weighted by molar-refractivity contribution is 9.10. The Morgan fingerprint density at radius 1 is 1.30 bits per heavy atom. The SMILES string of the molecule is CC(C)n1cnnc1-n1cc2c(n1)-c1cc(Br)ccc1OCC2. The fraction of sp³-hybridized carbons (Fsp3) is 0.312. The molecule has 1 aliphatic heterocycles. The van der Waals surface area contributed by atoms with Gasteiger partial charge in [-0.15, -0.1) is 10.2 Å². The smallest absolute Gasteiger partial charge is 0.252 e. The average Bonchev–Trinajstić information content (AvgIpc) is 3.12. The van der Waals surface area contributed by atoms with Crippen molar-refractivity contribution in [3.05, 3.63) is 40.8 Å². The molecule has 0 saturated heterocycles. The maximum absolute atomic E-state index is 5.83. The highest BCUT2D eigenvalue weighted by atomic mass is 79.9. The van der Waals surface area contributed by atoms with E-state index in [1.807, 2.05) is 33.6 Å². The zero-order chi connectivity index (χ0) is 16.0. The quantitative estimate of drug-likeness (QED) is 0.690. The second-order valence-corrected chi connectivity index (χ2v) is 6.73. The summed E-state index contributed by atoms with van der Waals surface area (Å²) < 4.78 is 10.7. The third-order valence-corrected chi connectivity index (χ3v) is 4.42. The van der Waals surface area contributed by atoms with E-state index < -0.39 is 0 Å². The monoisotopic (exact) mass is 373 g/mol. The minimum absolute atomic E-state index is 0.272. The topological polar surface area (TPSA) is 57.8 Å². The number of ether oxygens (including phenoxy) is 1. The minimum atomic E-state index is 0.272. The number of hydrogen-bond acceptors (Lipinski definition) is 4. The molecule has 0 amide bonds. The third-order valence-electron chi connectivity index (χ3n) is 3.93. The van der Waals surface area contributed by atoms with Crippen molar-refractivity contribution < 1.29 is 4.74 Å². The van der Waals surface area contributed by atoms with E-state index in [-0.39, 0.29) is 6.04 Å². The molecule has 2 aromatic heterocycles. The molecule has 0 bridgehead atoms. The van der Waals surface area contributed by atoms with E-state index in [0.29, 0.717) is 6.61 Å². The summed E-state index contributed by atoms with van der Waals surface area (Å²) in [4.78, 5) is 0. The van der Waals surface area contributed by atoms with Crippen molar-refractivity contribution in [1.29, 1.82) is 0 Å². The van der Waals surface area contributed by atoms with Crippen LogP contribution in [0.25, 0.3) is 17.2 Å². The molecule has 4 rings (SSSR count). The molecule has 3 aromatic rings. The molecule has 0 spiro atoms. The molecule has 0 atom stereocenters. The molecule has 0 saturated carbocycles. The summed E-state index contributed by atoms with van der Waals surface area (Å²) in [5, 5.41) is 13.0. The molecule has 7 heteroatoms. The first-order valence-corrected chi connectivity index (χ1v) is 8.34. The van der Waals surface area contributed by atoms with Gasteiger partial charge in [0.25, 0.3) is 5.95 Å². The Kier molecular flexibility index (Phi) is 3.45. The lowest BCUT2D eigenvalue weighted by Gasteiger charge is -2.10. The summed E-state index contributed by atoms with van der Waals surface area (Å²) in [5.41, 5.74) is 3.10. The highest BCUT2D eigenvalue weighted by Crippen LogP contribution is 2.36. The summed E-state index contributed by atoms with van der Waals surface area (Å²) in [6.45, 7) is 4.84. The lowest BCUT2D eigenvalue weighted by molar-refractivity contribution is 0.326. The summed E-state index contributed by atoms with van der Waals surface area (Å²) in [6.07, 6.45) is 4.58. The molecule has 0 fully saturated rings. The van der Waals surface area contributed by atoms with Crippen molar-refractivity contribution in [3.63, 3.8) is 0 Å². The van der Waals surface area contributed by atoms with Crippen LogP contribution in [0.3, 0.4) is 0 Å². The van der Waals surface area contributed by atoms with E-state index >= 15 is 0 Å². The van der Waals surface area contributed by atoms with Gasteiger partial charge in [0.1, 0.15) is 12.1 Å². The summed E-state index contributed by atoms with van der Waals surface area (Å²) >= 11 is 3.53. The normalized spacial score (nSPS) is 13.4. The van der Waals surface area contributed by atoms with Gasteiger partial charge in [0.15, 0.2) is 0 Å². The van der Waals surface area contributed by atoms with Crippen LogP contribution < -0.4 is 4.74 Å². The number of halogens is 1. The predicted octanol–water partition coefficient (Wildman–Crippen LogP) is 3.41. The summed E-state index contributed by atoms with van der Waals surface area (Å²) in [7, 11) is 0. The molecule has 23 heavy (non-hydrogen) atoms. The van der Waals surface area contributed by atoms with Gasteiger partial charge in [0.05, 0.1) is 12.3 Å². The number of benzene rings is 1. The zero-order valence-corrected chi connectivity index (χ0v) is 14.5. The van der Waals surface area contributed by atoms with Crippen LogP contribution in [0.5, 0.6) is 5.75 Å². The minimum Gasteiger partial charge on any atom is -0.493 e. The molecule has 1 aromatic carbocycles. The van der Waals surface area contributed by atoms with E-state index in [2.05, 4.69) is 40.0 Å². The second-order valence-electron chi connectivity index (χ2n) is 5.82. The Labute approximate surface area is 142 Å². The molecule has 6 nitrogen and oxygen atoms in total. The van der Waals surface area contributed by atoms with E-state index in [0.717, 1.165) is 39.4 Å². The van der Waals surface area contributed by atoms with Crippen molar-refractivity contribution in [2.45, 2.75) is 26.3 Å². The van der Waals surface area contributed by atoms with Crippen LogP contribution in [0.1, 0.15) is 25.5 Å². The first-order valence-electron chi connectivity index (χ1n) is 7.54. The first-order chi connectivity index (χ1) is 11.1. The maximum Gasteiger partial charge on any atom is 0.252 e. The standard InChI is InChI=1S/C16H16BrN5O/c1-10(2)21-9-18-19-16(21)22-8-11-5-6-23-14-4-3-12(17)7-13(14)15(11)20-22/h3-4,7-10H,5-6H2,1-2H3. The first kappa shape index (κ1) is 14.4. The van der Waals surface area contributed by atoms with Gasteiger partial charge in [0.2, 0.25) is 0 Å². The van der Waals surface area contributed by atoms with Gasteiger partial charge in [-0.2, -0.15) is 5.10 Å². The molecule has 0 N–H and O–H groups in total. The van der Waals surface area contributed by atoms with Crippen LogP contribution in [-0.2, 0) is 6.42 Å². The Balaban J connectivity index is 1.87. The Hall–Kier alpha value is -2.15. The van der Waals surface area contributed by atoms with Gasteiger partial charge >= 0.3 is 0 Å². The molecule has 118 valence electrons. The van der Waals surface area contributed by atoms with E-state index in [4.69, 9.17) is 9.84 Å². The Morgan fingerprint density at radius 2 is 2.17 bits per heavy atom. The maximum atomic E-state index is 5.83. The third kappa shape index (κ3) is 2.45. The Bertz CT molecular complexity index is 867. The van der Waals surface area contributed by atoms with Gasteiger partial charge in [-0.3, -0.25) is 4.57 Å². The van der Waals surface area contributed by atoms with Crippen molar-refractivity contribution in [3.8, 4) is 23.0 Å². The van der Waals surface area contributed by atoms with Crippen LogP contribution >= 0.6 is 15.9 Å². The van der Waals surface area contributed by atoms with Gasteiger partial charge in [-0.05, 0) is 32.0 Å².